The van der Waals surface area contributed by atoms with Gasteiger partial charge in [0.15, 0.2) is 0 Å². The standard InChI is InChI=1S/C18H20Cl2N2O2/c1-24-14-7-5-13(6-8-14)9-11-21-12-10-17(23)22-18-15(19)3-2-4-16(18)20/h2-8,21H,9-12H2,1H3,(H,22,23). The minimum absolute atomic E-state index is 0.123. The molecule has 2 N–H and O–H groups in total. The zero-order chi connectivity index (χ0) is 17.4. The van der Waals surface area contributed by atoms with Crippen LogP contribution in [0, 0.1) is 0 Å². The van der Waals surface area contributed by atoms with Crippen molar-refractivity contribution in [2.75, 3.05) is 25.5 Å². The second-order valence-corrected chi connectivity index (χ2v) is 6.06. The maximum absolute atomic E-state index is 11.9. The van der Waals surface area contributed by atoms with Crippen molar-refractivity contribution in [3.63, 3.8) is 0 Å². The van der Waals surface area contributed by atoms with Gasteiger partial charge in [-0.15, -0.1) is 0 Å². The third kappa shape index (κ3) is 5.71. The maximum atomic E-state index is 11.9. The highest BCUT2D eigenvalue weighted by Crippen LogP contribution is 2.29. The summed E-state index contributed by atoms with van der Waals surface area (Å²) in [7, 11) is 1.65. The molecule has 0 saturated carbocycles. The van der Waals surface area contributed by atoms with Crippen molar-refractivity contribution in [3.05, 3.63) is 58.1 Å². The predicted molar refractivity (Wildman–Crippen MR) is 99.3 cm³/mol. The number of carbonyl (C=O) groups is 1. The zero-order valence-electron chi connectivity index (χ0n) is 13.4. The molecule has 0 aliphatic rings. The van der Waals surface area contributed by atoms with Gasteiger partial charge in [-0.05, 0) is 42.8 Å². The SMILES string of the molecule is COc1ccc(CCNCCC(=O)Nc2c(Cl)cccc2Cl)cc1. The molecule has 0 aliphatic heterocycles. The summed E-state index contributed by atoms with van der Waals surface area (Å²) >= 11 is 12.0. The number of carbonyl (C=O) groups excluding carboxylic acids is 1. The third-order valence-corrected chi connectivity index (χ3v) is 4.14. The summed E-state index contributed by atoms with van der Waals surface area (Å²) in [4.78, 5) is 11.9. The van der Waals surface area contributed by atoms with E-state index in [0.717, 1.165) is 18.7 Å². The summed E-state index contributed by atoms with van der Waals surface area (Å²) in [6.45, 7) is 1.39. The molecule has 0 bridgehead atoms. The van der Waals surface area contributed by atoms with Gasteiger partial charge < -0.3 is 15.4 Å². The molecule has 2 aromatic carbocycles. The Morgan fingerprint density at radius 3 is 2.33 bits per heavy atom. The average Bonchev–Trinajstić information content (AvgIpc) is 2.58. The lowest BCUT2D eigenvalue weighted by Gasteiger charge is -2.09. The Hall–Kier alpha value is -1.75. The van der Waals surface area contributed by atoms with E-state index in [9.17, 15) is 4.79 Å². The molecule has 2 aromatic rings. The van der Waals surface area contributed by atoms with E-state index < -0.39 is 0 Å². The number of hydrogen-bond acceptors (Lipinski definition) is 3. The topological polar surface area (TPSA) is 50.4 Å². The molecule has 0 aromatic heterocycles. The molecule has 4 nitrogen and oxygen atoms in total. The number of methoxy groups -OCH3 is 1. The van der Waals surface area contributed by atoms with Crippen LogP contribution in [0.4, 0.5) is 5.69 Å². The number of anilines is 1. The Balaban J connectivity index is 1.67. The maximum Gasteiger partial charge on any atom is 0.225 e. The Bertz CT molecular complexity index is 655. The first-order valence-electron chi connectivity index (χ1n) is 7.67. The summed E-state index contributed by atoms with van der Waals surface area (Å²) in [5.41, 5.74) is 1.68. The molecule has 6 heteroatoms. The highest BCUT2D eigenvalue weighted by atomic mass is 35.5. The van der Waals surface area contributed by atoms with Crippen LogP contribution in [0.3, 0.4) is 0 Å². The minimum atomic E-state index is -0.123. The third-order valence-electron chi connectivity index (χ3n) is 3.51. The smallest absolute Gasteiger partial charge is 0.225 e. The molecule has 0 fully saturated rings. The van der Waals surface area contributed by atoms with Crippen LogP contribution in [0.15, 0.2) is 42.5 Å². The van der Waals surface area contributed by atoms with Crippen LogP contribution in [0.5, 0.6) is 5.75 Å². The van der Waals surface area contributed by atoms with E-state index in [4.69, 9.17) is 27.9 Å². The Morgan fingerprint density at radius 2 is 1.71 bits per heavy atom. The molecule has 0 radical (unpaired) electrons. The molecule has 0 heterocycles. The van der Waals surface area contributed by atoms with Crippen LogP contribution in [0.2, 0.25) is 10.0 Å². The van der Waals surface area contributed by atoms with Gasteiger partial charge in [-0.25, -0.2) is 0 Å². The molecule has 2 rings (SSSR count). The van der Waals surface area contributed by atoms with Crippen LogP contribution < -0.4 is 15.4 Å². The first kappa shape index (κ1) is 18.6. The minimum Gasteiger partial charge on any atom is -0.497 e. The Kier molecular flexibility index (Phi) is 7.37. The quantitative estimate of drug-likeness (QED) is 0.689. The number of benzene rings is 2. The van der Waals surface area contributed by atoms with Crippen LogP contribution in [-0.4, -0.2) is 26.1 Å². The van der Waals surface area contributed by atoms with E-state index in [1.807, 2.05) is 24.3 Å². The molecule has 24 heavy (non-hydrogen) atoms. The number of halogens is 2. The molecular weight excluding hydrogens is 347 g/mol. The van der Waals surface area contributed by atoms with Gasteiger partial charge in [0.2, 0.25) is 5.91 Å². The van der Waals surface area contributed by atoms with Crippen LogP contribution in [-0.2, 0) is 11.2 Å². The fourth-order valence-corrected chi connectivity index (χ4v) is 2.66. The number of hydrogen-bond donors (Lipinski definition) is 2. The first-order valence-corrected chi connectivity index (χ1v) is 8.43. The van der Waals surface area contributed by atoms with Gasteiger partial charge in [-0.2, -0.15) is 0 Å². The lowest BCUT2D eigenvalue weighted by atomic mass is 10.1. The van der Waals surface area contributed by atoms with Crippen molar-refractivity contribution in [1.29, 1.82) is 0 Å². The van der Waals surface area contributed by atoms with E-state index in [1.54, 1.807) is 25.3 Å². The summed E-state index contributed by atoms with van der Waals surface area (Å²) in [5, 5.41) is 6.86. The highest BCUT2D eigenvalue weighted by Gasteiger charge is 2.09. The predicted octanol–water partition coefficient (Wildman–Crippen LogP) is 4.16. The monoisotopic (exact) mass is 366 g/mol. The second-order valence-electron chi connectivity index (χ2n) is 5.24. The van der Waals surface area contributed by atoms with E-state index in [0.29, 0.717) is 28.7 Å². The van der Waals surface area contributed by atoms with Crippen molar-refractivity contribution in [3.8, 4) is 5.75 Å². The van der Waals surface area contributed by atoms with Crippen LogP contribution in [0.1, 0.15) is 12.0 Å². The molecule has 0 unspecified atom stereocenters. The number of nitrogens with one attached hydrogen (secondary N) is 2. The second kappa shape index (κ2) is 9.52. The van der Waals surface area contributed by atoms with Gasteiger partial charge in [0.25, 0.3) is 0 Å². The molecule has 0 spiro atoms. The van der Waals surface area contributed by atoms with Crippen molar-refractivity contribution in [2.24, 2.45) is 0 Å². The molecular formula is C18H20Cl2N2O2. The molecule has 0 saturated heterocycles. The molecule has 1 amide bonds. The Morgan fingerprint density at radius 1 is 1.04 bits per heavy atom. The Labute approximate surface area is 152 Å². The van der Waals surface area contributed by atoms with Crippen molar-refractivity contribution in [1.82, 2.24) is 5.32 Å². The van der Waals surface area contributed by atoms with Crippen molar-refractivity contribution >= 4 is 34.8 Å². The van der Waals surface area contributed by atoms with E-state index in [2.05, 4.69) is 10.6 Å². The summed E-state index contributed by atoms with van der Waals surface area (Å²) in [5.74, 6) is 0.726. The largest absolute Gasteiger partial charge is 0.497 e. The fourth-order valence-electron chi connectivity index (χ4n) is 2.17. The molecule has 128 valence electrons. The fraction of sp³-hybridized carbons (Fsp3) is 0.278. The number of para-hydroxylation sites is 1. The van der Waals surface area contributed by atoms with Gasteiger partial charge in [-0.3, -0.25) is 4.79 Å². The van der Waals surface area contributed by atoms with Crippen molar-refractivity contribution in [2.45, 2.75) is 12.8 Å². The summed E-state index contributed by atoms with van der Waals surface area (Å²) in [6, 6.07) is 13.1. The lowest BCUT2D eigenvalue weighted by Crippen LogP contribution is -2.23. The van der Waals surface area contributed by atoms with Crippen molar-refractivity contribution < 1.29 is 9.53 Å². The van der Waals surface area contributed by atoms with Gasteiger partial charge in [-0.1, -0.05) is 41.4 Å². The first-order chi connectivity index (χ1) is 11.6. The number of ether oxygens (including phenoxy) is 1. The summed E-state index contributed by atoms with van der Waals surface area (Å²) in [6.07, 6.45) is 1.24. The number of amides is 1. The molecule has 0 atom stereocenters. The normalized spacial score (nSPS) is 10.5. The average molecular weight is 367 g/mol. The van der Waals surface area contributed by atoms with E-state index >= 15 is 0 Å². The van der Waals surface area contributed by atoms with Crippen LogP contribution >= 0.6 is 23.2 Å². The highest BCUT2D eigenvalue weighted by molar-refractivity contribution is 6.39. The van der Waals surface area contributed by atoms with Crippen LogP contribution in [0.25, 0.3) is 0 Å². The lowest BCUT2D eigenvalue weighted by molar-refractivity contribution is -0.116. The van der Waals surface area contributed by atoms with E-state index in [-0.39, 0.29) is 5.91 Å². The van der Waals surface area contributed by atoms with Gasteiger partial charge in [0.1, 0.15) is 5.75 Å². The number of rotatable bonds is 8. The summed E-state index contributed by atoms with van der Waals surface area (Å²) < 4.78 is 5.13. The molecule has 0 aliphatic carbocycles. The van der Waals surface area contributed by atoms with E-state index in [1.165, 1.54) is 5.56 Å². The zero-order valence-corrected chi connectivity index (χ0v) is 15.0. The van der Waals surface area contributed by atoms with Gasteiger partial charge >= 0.3 is 0 Å². The van der Waals surface area contributed by atoms with Gasteiger partial charge in [0, 0.05) is 13.0 Å². The van der Waals surface area contributed by atoms with Gasteiger partial charge in [0.05, 0.1) is 22.8 Å².